The molecular weight excluding hydrogens is 439 g/mol. The zero-order valence-electron chi connectivity index (χ0n) is 16.4. The second kappa shape index (κ2) is 8.86. The van der Waals surface area contributed by atoms with Crippen molar-refractivity contribution in [2.75, 3.05) is 6.61 Å². The predicted molar refractivity (Wildman–Crippen MR) is 116 cm³/mol. The number of aromatic amines is 1. The average Bonchev–Trinajstić information content (AvgIpc) is 3.18. The van der Waals surface area contributed by atoms with E-state index in [1.807, 2.05) is 30.3 Å². The third-order valence-electron chi connectivity index (χ3n) is 4.48. The van der Waals surface area contributed by atoms with Crippen LogP contribution in [0.2, 0.25) is 0 Å². The first kappa shape index (κ1) is 21.6. The van der Waals surface area contributed by atoms with Crippen LogP contribution in [0, 0.1) is 11.8 Å². The molecule has 9 heteroatoms. The van der Waals surface area contributed by atoms with Gasteiger partial charge in [0, 0.05) is 5.56 Å². The lowest BCUT2D eigenvalue weighted by Crippen LogP contribution is -2.19. The van der Waals surface area contributed by atoms with Crippen molar-refractivity contribution in [3.8, 4) is 28.7 Å². The highest BCUT2D eigenvalue weighted by Crippen LogP contribution is 2.27. The Kier molecular flexibility index (Phi) is 5.99. The molecule has 5 nitrogen and oxygen atoms in total. The quantitative estimate of drug-likeness (QED) is 0.443. The molecule has 0 saturated heterocycles. The van der Waals surface area contributed by atoms with Crippen LogP contribution in [0.5, 0.6) is 5.75 Å². The van der Waals surface area contributed by atoms with Crippen molar-refractivity contribution in [2.45, 2.75) is 11.1 Å². The Balaban J connectivity index is 1.55. The van der Waals surface area contributed by atoms with Crippen molar-refractivity contribution in [1.29, 1.82) is 0 Å². The summed E-state index contributed by atoms with van der Waals surface area (Å²) in [5.74, 6) is 6.37. The molecule has 0 spiro atoms. The normalized spacial score (nSPS) is 12.2. The van der Waals surface area contributed by atoms with E-state index in [0.717, 1.165) is 16.6 Å². The SMILES string of the molecule is NS(=O)c1ccccc1-c1ccc2nc(C#Cc3ccc(OCC(F)(F)F)cc3)[nH]c2c1. The smallest absolute Gasteiger partial charge is 0.422 e. The van der Waals surface area contributed by atoms with Gasteiger partial charge in [-0.25, -0.2) is 14.3 Å². The largest absolute Gasteiger partial charge is 0.484 e. The second-order valence-corrected chi connectivity index (χ2v) is 7.82. The van der Waals surface area contributed by atoms with E-state index >= 15 is 0 Å². The molecule has 4 aromatic rings. The molecule has 0 bridgehead atoms. The van der Waals surface area contributed by atoms with E-state index in [9.17, 15) is 17.4 Å². The minimum absolute atomic E-state index is 0.114. The highest BCUT2D eigenvalue weighted by atomic mass is 32.2. The van der Waals surface area contributed by atoms with Crippen LogP contribution in [-0.4, -0.2) is 27.0 Å². The third kappa shape index (κ3) is 5.17. The molecule has 3 aromatic carbocycles. The lowest BCUT2D eigenvalue weighted by atomic mass is 10.1. The van der Waals surface area contributed by atoms with Gasteiger partial charge in [0.25, 0.3) is 0 Å². The Labute approximate surface area is 184 Å². The van der Waals surface area contributed by atoms with E-state index in [1.54, 1.807) is 24.3 Å². The maximum Gasteiger partial charge on any atom is 0.422 e. The molecule has 0 fully saturated rings. The van der Waals surface area contributed by atoms with Crippen LogP contribution < -0.4 is 9.88 Å². The monoisotopic (exact) mass is 455 g/mol. The van der Waals surface area contributed by atoms with Gasteiger partial charge in [-0.05, 0) is 59.5 Å². The number of halogens is 3. The number of nitrogens with two attached hydrogens (primary N) is 1. The van der Waals surface area contributed by atoms with Crippen LogP contribution >= 0.6 is 0 Å². The molecule has 0 aliphatic heterocycles. The number of alkyl halides is 3. The Morgan fingerprint density at radius 2 is 1.78 bits per heavy atom. The number of fused-ring (bicyclic) bond motifs is 1. The molecule has 0 aliphatic carbocycles. The summed E-state index contributed by atoms with van der Waals surface area (Å²) in [5.41, 5.74) is 3.67. The highest BCUT2D eigenvalue weighted by Gasteiger charge is 2.28. The maximum atomic E-state index is 12.2. The summed E-state index contributed by atoms with van der Waals surface area (Å²) >= 11 is 0. The van der Waals surface area contributed by atoms with Gasteiger partial charge in [-0.1, -0.05) is 30.2 Å². The summed E-state index contributed by atoms with van der Waals surface area (Å²) < 4.78 is 53.2. The van der Waals surface area contributed by atoms with Crippen LogP contribution in [0.4, 0.5) is 13.2 Å². The first-order valence-electron chi connectivity index (χ1n) is 9.35. The molecule has 162 valence electrons. The van der Waals surface area contributed by atoms with Gasteiger partial charge >= 0.3 is 6.18 Å². The summed E-state index contributed by atoms with van der Waals surface area (Å²) in [6.45, 7) is -1.34. The molecule has 0 saturated carbocycles. The summed E-state index contributed by atoms with van der Waals surface area (Å²) in [7, 11) is -1.61. The van der Waals surface area contributed by atoms with Gasteiger partial charge in [0.1, 0.15) is 16.7 Å². The Morgan fingerprint density at radius 3 is 2.50 bits per heavy atom. The first-order valence-corrected chi connectivity index (χ1v) is 10.6. The predicted octanol–water partition coefficient (Wildman–Crippen LogP) is 4.55. The summed E-state index contributed by atoms with van der Waals surface area (Å²) in [4.78, 5) is 8.10. The molecule has 0 amide bonds. The van der Waals surface area contributed by atoms with Crippen LogP contribution in [0.3, 0.4) is 0 Å². The third-order valence-corrected chi connectivity index (χ3v) is 5.27. The van der Waals surface area contributed by atoms with E-state index in [-0.39, 0.29) is 5.75 Å². The number of nitrogens with zero attached hydrogens (tertiary/aromatic N) is 1. The van der Waals surface area contributed by atoms with E-state index in [2.05, 4.69) is 26.5 Å². The van der Waals surface area contributed by atoms with Crippen molar-refractivity contribution in [1.82, 2.24) is 9.97 Å². The Morgan fingerprint density at radius 1 is 1.03 bits per heavy atom. The number of benzene rings is 3. The van der Waals surface area contributed by atoms with Gasteiger partial charge in [0.2, 0.25) is 0 Å². The van der Waals surface area contributed by atoms with Gasteiger partial charge in [0.15, 0.2) is 12.4 Å². The average molecular weight is 455 g/mol. The van der Waals surface area contributed by atoms with Gasteiger partial charge in [0.05, 0.1) is 15.9 Å². The zero-order chi connectivity index (χ0) is 22.7. The number of H-pyrrole nitrogens is 1. The Hall–Kier alpha value is -3.61. The Bertz CT molecular complexity index is 1350. The first-order chi connectivity index (χ1) is 15.3. The number of nitrogens with one attached hydrogen (secondary N) is 1. The van der Waals surface area contributed by atoms with E-state index in [1.165, 1.54) is 12.1 Å². The van der Waals surface area contributed by atoms with Gasteiger partial charge in [-0.2, -0.15) is 13.2 Å². The van der Waals surface area contributed by atoms with Gasteiger partial charge in [-0.15, -0.1) is 0 Å². The fraction of sp³-hybridized carbons (Fsp3) is 0.0870. The van der Waals surface area contributed by atoms with Gasteiger partial charge in [-0.3, -0.25) is 0 Å². The minimum Gasteiger partial charge on any atom is -0.484 e. The van der Waals surface area contributed by atoms with Gasteiger partial charge < -0.3 is 9.72 Å². The fourth-order valence-corrected chi connectivity index (χ4v) is 3.66. The van der Waals surface area contributed by atoms with Crippen LogP contribution in [-0.2, 0) is 11.0 Å². The van der Waals surface area contributed by atoms with Crippen molar-refractivity contribution in [2.24, 2.45) is 5.14 Å². The lowest BCUT2D eigenvalue weighted by Gasteiger charge is -2.08. The molecule has 32 heavy (non-hydrogen) atoms. The fourth-order valence-electron chi connectivity index (χ4n) is 3.05. The number of hydrogen-bond acceptors (Lipinski definition) is 3. The lowest BCUT2D eigenvalue weighted by molar-refractivity contribution is -0.153. The molecule has 1 heterocycles. The van der Waals surface area contributed by atoms with E-state index < -0.39 is 23.8 Å². The molecule has 0 radical (unpaired) electrons. The summed E-state index contributed by atoms with van der Waals surface area (Å²) in [5, 5.41) is 5.58. The molecular formula is C23H16F3N3O2S. The van der Waals surface area contributed by atoms with Crippen LogP contribution in [0.15, 0.2) is 71.6 Å². The molecule has 4 rings (SSSR count). The number of aromatic nitrogens is 2. The second-order valence-electron chi connectivity index (χ2n) is 6.79. The number of hydrogen-bond donors (Lipinski definition) is 2. The van der Waals surface area contributed by atoms with Crippen LogP contribution in [0.1, 0.15) is 11.4 Å². The van der Waals surface area contributed by atoms with E-state index in [0.29, 0.717) is 21.8 Å². The van der Waals surface area contributed by atoms with E-state index in [4.69, 9.17) is 5.14 Å². The minimum atomic E-state index is -4.39. The van der Waals surface area contributed by atoms with Crippen molar-refractivity contribution in [3.63, 3.8) is 0 Å². The maximum absolute atomic E-state index is 12.2. The highest BCUT2D eigenvalue weighted by molar-refractivity contribution is 7.82. The molecule has 3 N–H and O–H groups in total. The van der Waals surface area contributed by atoms with Crippen molar-refractivity contribution in [3.05, 3.63) is 78.1 Å². The topological polar surface area (TPSA) is 81.0 Å². The standard InChI is InChI=1S/C23H16F3N3O2S/c24-23(25,26)14-31-17-9-5-15(6-10-17)7-12-22-28-19-11-8-16(13-20(19)29-22)18-3-1-2-4-21(18)32(27)30/h1-6,8-11,13H,14,27H2,(H,28,29). The number of rotatable bonds is 4. The molecule has 1 atom stereocenters. The zero-order valence-corrected chi connectivity index (χ0v) is 17.3. The molecule has 1 unspecified atom stereocenters. The van der Waals surface area contributed by atoms with Crippen LogP contribution in [0.25, 0.3) is 22.2 Å². The number of imidazole rings is 1. The molecule has 1 aromatic heterocycles. The van der Waals surface area contributed by atoms with Crippen molar-refractivity contribution < 1.29 is 22.1 Å². The van der Waals surface area contributed by atoms with Crippen molar-refractivity contribution >= 4 is 22.0 Å². The summed E-state index contributed by atoms with van der Waals surface area (Å²) in [6, 6.07) is 18.8. The summed E-state index contributed by atoms with van der Waals surface area (Å²) in [6.07, 6.45) is -4.39. The molecule has 0 aliphatic rings. The number of ether oxygens (including phenoxy) is 1.